The highest BCUT2D eigenvalue weighted by molar-refractivity contribution is 5.97. The highest BCUT2D eigenvalue weighted by Crippen LogP contribution is 2.32. The second-order valence-corrected chi connectivity index (χ2v) is 5.61. The Kier molecular flexibility index (Phi) is 3.98. The van der Waals surface area contributed by atoms with E-state index in [2.05, 4.69) is 18.7 Å². The van der Waals surface area contributed by atoms with Crippen molar-refractivity contribution in [3.63, 3.8) is 0 Å². The minimum Gasteiger partial charge on any atom is -0.478 e. The van der Waals surface area contributed by atoms with Crippen LogP contribution in [0.25, 0.3) is 0 Å². The first-order chi connectivity index (χ1) is 9.00. The van der Waals surface area contributed by atoms with Crippen LogP contribution in [0.5, 0.6) is 0 Å². The SMILES string of the molecule is CC(C)C1CCN(c2cccc(C(=O)O)c2N)CC1. The van der Waals surface area contributed by atoms with Gasteiger partial charge in [0.05, 0.1) is 16.9 Å². The van der Waals surface area contributed by atoms with Crippen LogP contribution in [0, 0.1) is 11.8 Å². The molecule has 0 unspecified atom stereocenters. The minimum absolute atomic E-state index is 0.198. The van der Waals surface area contributed by atoms with Gasteiger partial charge in [0.2, 0.25) is 0 Å². The van der Waals surface area contributed by atoms with Gasteiger partial charge in [-0.05, 0) is 36.8 Å². The third-order valence-corrected chi connectivity index (χ3v) is 4.14. The van der Waals surface area contributed by atoms with Gasteiger partial charge in [-0.15, -0.1) is 0 Å². The van der Waals surface area contributed by atoms with Crippen molar-refractivity contribution in [2.75, 3.05) is 23.7 Å². The third kappa shape index (κ3) is 2.83. The van der Waals surface area contributed by atoms with Crippen LogP contribution in [0.4, 0.5) is 11.4 Å². The number of nitrogen functional groups attached to an aromatic ring is 1. The van der Waals surface area contributed by atoms with E-state index in [4.69, 9.17) is 10.8 Å². The lowest BCUT2D eigenvalue weighted by Gasteiger charge is -2.36. The minimum atomic E-state index is -0.962. The Morgan fingerprint density at radius 2 is 2.00 bits per heavy atom. The van der Waals surface area contributed by atoms with Crippen LogP contribution >= 0.6 is 0 Å². The zero-order valence-electron chi connectivity index (χ0n) is 11.6. The number of carboxylic acid groups (broad SMARTS) is 1. The largest absolute Gasteiger partial charge is 0.478 e. The van der Waals surface area contributed by atoms with Crippen molar-refractivity contribution in [2.45, 2.75) is 26.7 Å². The van der Waals surface area contributed by atoms with Crippen molar-refractivity contribution >= 4 is 17.3 Å². The summed E-state index contributed by atoms with van der Waals surface area (Å²) in [7, 11) is 0. The molecule has 0 amide bonds. The van der Waals surface area contributed by atoms with Crippen molar-refractivity contribution in [3.8, 4) is 0 Å². The lowest BCUT2D eigenvalue weighted by Crippen LogP contribution is -2.35. The molecule has 1 aromatic rings. The van der Waals surface area contributed by atoms with E-state index in [0.29, 0.717) is 11.6 Å². The Balaban J connectivity index is 2.16. The molecular weight excluding hydrogens is 240 g/mol. The maximum Gasteiger partial charge on any atom is 0.337 e. The molecule has 0 radical (unpaired) electrons. The molecule has 0 saturated carbocycles. The molecule has 4 nitrogen and oxygen atoms in total. The van der Waals surface area contributed by atoms with Gasteiger partial charge in [-0.25, -0.2) is 4.79 Å². The van der Waals surface area contributed by atoms with E-state index in [-0.39, 0.29) is 5.56 Å². The highest BCUT2D eigenvalue weighted by Gasteiger charge is 2.23. The van der Waals surface area contributed by atoms with Crippen molar-refractivity contribution in [1.82, 2.24) is 0 Å². The number of benzene rings is 1. The fourth-order valence-electron chi connectivity index (χ4n) is 2.82. The molecule has 0 atom stereocenters. The molecule has 3 N–H and O–H groups in total. The second-order valence-electron chi connectivity index (χ2n) is 5.61. The fourth-order valence-corrected chi connectivity index (χ4v) is 2.82. The van der Waals surface area contributed by atoms with Crippen LogP contribution in [-0.2, 0) is 0 Å². The van der Waals surface area contributed by atoms with E-state index in [9.17, 15) is 4.79 Å². The summed E-state index contributed by atoms with van der Waals surface area (Å²) in [6.07, 6.45) is 2.29. The number of rotatable bonds is 3. The number of aromatic carboxylic acids is 1. The number of para-hydroxylation sites is 1. The first-order valence-corrected chi connectivity index (χ1v) is 6.87. The highest BCUT2D eigenvalue weighted by atomic mass is 16.4. The summed E-state index contributed by atoms with van der Waals surface area (Å²) >= 11 is 0. The van der Waals surface area contributed by atoms with E-state index >= 15 is 0 Å². The second kappa shape index (κ2) is 5.51. The number of carbonyl (C=O) groups is 1. The summed E-state index contributed by atoms with van der Waals surface area (Å²) in [5, 5.41) is 9.10. The van der Waals surface area contributed by atoms with Gasteiger partial charge < -0.3 is 15.7 Å². The van der Waals surface area contributed by atoms with Gasteiger partial charge in [-0.2, -0.15) is 0 Å². The number of piperidine rings is 1. The maximum atomic E-state index is 11.1. The van der Waals surface area contributed by atoms with Crippen LogP contribution in [0.2, 0.25) is 0 Å². The summed E-state index contributed by atoms with van der Waals surface area (Å²) in [5.74, 6) is 0.515. The summed E-state index contributed by atoms with van der Waals surface area (Å²) in [6.45, 7) is 6.44. The van der Waals surface area contributed by atoms with Crippen LogP contribution in [0.1, 0.15) is 37.0 Å². The summed E-state index contributed by atoms with van der Waals surface area (Å²) < 4.78 is 0. The van der Waals surface area contributed by atoms with Gasteiger partial charge in [0.15, 0.2) is 0 Å². The molecule has 2 rings (SSSR count). The number of nitrogens with two attached hydrogens (primary N) is 1. The van der Waals surface area contributed by atoms with E-state index in [0.717, 1.165) is 37.5 Å². The van der Waals surface area contributed by atoms with Crippen molar-refractivity contribution in [1.29, 1.82) is 0 Å². The molecule has 4 heteroatoms. The van der Waals surface area contributed by atoms with Crippen LogP contribution < -0.4 is 10.6 Å². The molecule has 1 heterocycles. The smallest absolute Gasteiger partial charge is 0.337 e. The van der Waals surface area contributed by atoms with Crippen LogP contribution in [0.3, 0.4) is 0 Å². The van der Waals surface area contributed by atoms with E-state index in [1.165, 1.54) is 0 Å². The molecule has 1 saturated heterocycles. The molecular formula is C15H22N2O2. The van der Waals surface area contributed by atoms with E-state index in [1.54, 1.807) is 12.1 Å². The van der Waals surface area contributed by atoms with Crippen molar-refractivity contribution in [2.24, 2.45) is 11.8 Å². The summed E-state index contributed by atoms with van der Waals surface area (Å²) in [6, 6.07) is 5.24. The lowest BCUT2D eigenvalue weighted by atomic mass is 9.86. The lowest BCUT2D eigenvalue weighted by molar-refractivity contribution is 0.0698. The normalized spacial score (nSPS) is 16.9. The third-order valence-electron chi connectivity index (χ3n) is 4.14. The predicted molar refractivity (Wildman–Crippen MR) is 77.6 cm³/mol. The Bertz CT molecular complexity index is 463. The number of nitrogens with zero attached hydrogens (tertiary/aromatic N) is 1. The molecule has 1 aliphatic heterocycles. The summed E-state index contributed by atoms with van der Waals surface area (Å²) in [4.78, 5) is 13.3. The molecule has 0 bridgehead atoms. The Hall–Kier alpha value is -1.71. The average molecular weight is 262 g/mol. The zero-order chi connectivity index (χ0) is 14.0. The van der Waals surface area contributed by atoms with Crippen molar-refractivity contribution in [3.05, 3.63) is 23.8 Å². The van der Waals surface area contributed by atoms with Gasteiger partial charge in [0.1, 0.15) is 0 Å². The first kappa shape index (κ1) is 13.7. The number of anilines is 2. The standard InChI is InChI=1S/C15H22N2O2/c1-10(2)11-6-8-17(9-7-11)13-5-3-4-12(14(13)16)15(18)19/h3-5,10-11H,6-9,16H2,1-2H3,(H,18,19). The molecule has 0 aromatic heterocycles. The molecule has 0 aliphatic carbocycles. The van der Waals surface area contributed by atoms with E-state index in [1.807, 2.05) is 6.07 Å². The number of hydrogen-bond acceptors (Lipinski definition) is 3. The van der Waals surface area contributed by atoms with Crippen LogP contribution in [-0.4, -0.2) is 24.2 Å². The topological polar surface area (TPSA) is 66.6 Å². The monoisotopic (exact) mass is 262 g/mol. The van der Waals surface area contributed by atoms with Crippen molar-refractivity contribution < 1.29 is 9.90 Å². The van der Waals surface area contributed by atoms with Gasteiger partial charge >= 0.3 is 5.97 Å². The molecule has 1 fully saturated rings. The molecule has 0 spiro atoms. The quantitative estimate of drug-likeness (QED) is 0.822. The average Bonchev–Trinajstić information content (AvgIpc) is 2.38. The molecule has 104 valence electrons. The number of hydrogen-bond donors (Lipinski definition) is 2. The Morgan fingerprint density at radius 3 is 2.53 bits per heavy atom. The molecule has 19 heavy (non-hydrogen) atoms. The first-order valence-electron chi connectivity index (χ1n) is 6.87. The van der Waals surface area contributed by atoms with Gasteiger partial charge in [-0.1, -0.05) is 19.9 Å². The fraction of sp³-hybridized carbons (Fsp3) is 0.533. The number of carboxylic acids is 1. The van der Waals surface area contributed by atoms with Crippen LogP contribution in [0.15, 0.2) is 18.2 Å². The van der Waals surface area contributed by atoms with Gasteiger partial charge in [0.25, 0.3) is 0 Å². The Labute approximate surface area is 114 Å². The Morgan fingerprint density at radius 1 is 1.37 bits per heavy atom. The summed E-state index contributed by atoms with van der Waals surface area (Å²) in [5.41, 5.74) is 7.43. The molecule has 1 aromatic carbocycles. The predicted octanol–water partition coefficient (Wildman–Crippen LogP) is 2.84. The van der Waals surface area contributed by atoms with E-state index < -0.39 is 5.97 Å². The van der Waals surface area contributed by atoms with Gasteiger partial charge in [-0.3, -0.25) is 0 Å². The zero-order valence-corrected chi connectivity index (χ0v) is 11.6. The maximum absolute atomic E-state index is 11.1. The molecule has 1 aliphatic rings. The van der Waals surface area contributed by atoms with Gasteiger partial charge in [0, 0.05) is 13.1 Å².